The van der Waals surface area contributed by atoms with Gasteiger partial charge in [-0.2, -0.15) is 0 Å². The van der Waals surface area contributed by atoms with Crippen LogP contribution in [0.1, 0.15) is 26.3 Å². The van der Waals surface area contributed by atoms with E-state index in [-0.39, 0.29) is 11.8 Å². The maximum Gasteiger partial charge on any atom is 0.255 e. The summed E-state index contributed by atoms with van der Waals surface area (Å²) in [7, 11) is 0. The molecule has 0 aromatic heterocycles. The second-order valence-corrected chi connectivity index (χ2v) is 11.6. The van der Waals surface area contributed by atoms with Crippen molar-refractivity contribution >= 4 is 33.4 Å². The van der Waals surface area contributed by atoms with Gasteiger partial charge >= 0.3 is 0 Å². The van der Waals surface area contributed by atoms with Crippen molar-refractivity contribution in [1.82, 2.24) is 5.32 Å². The molecule has 0 atom stereocenters. The largest absolute Gasteiger partial charge is 0.457 e. The first-order valence-corrected chi connectivity index (χ1v) is 15.9. The number of hydrogen-bond acceptors (Lipinski definition) is 4. The van der Waals surface area contributed by atoms with Crippen LogP contribution in [0.15, 0.2) is 156 Å². The van der Waals surface area contributed by atoms with E-state index in [9.17, 15) is 9.59 Å². The number of carbonyl (C=O) groups is 2. The number of amides is 2. The molecule has 0 spiro atoms. The van der Waals surface area contributed by atoms with Crippen LogP contribution in [0.2, 0.25) is 0 Å². The van der Waals surface area contributed by atoms with Crippen molar-refractivity contribution in [1.29, 1.82) is 0 Å². The Morgan fingerprint density at radius 3 is 1.91 bits per heavy atom. The Hall–Kier alpha value is -5.66. The van der Waals surface area contributed by atoms with Crippen LogP contribution < -0.4 is 20.1 Å². The highest BCUT2D eigenvalue weighted by Crippen LogP contribution is 2.33. The maximum atomic E-state index is 13.3. The number of rotatable bonds is 11. The predicted molar refractivity (Wildman–Crippen MR) is 189 cm³/mol. The van der Waals surface area contributed by atoms with Gasteiger partial charge in [-0.3, -0.25) is 9.59 Å². The van der Waals surface area contributed by atoms with Crippen molar-refractivity contribution in [2.75, 3.05) is 11.9 Å². The summed E-state index contributed by atoms with van der Waals surface area (Å²) >= 11 is 3.45. The van der Waals surface area contributed by atoms with Crippen molar-refractivity contribution in [3.8, 4) is 34.1 Å². The summed E-state index contributed by atoms with van der Waals surface area (Å²) in [6, 6.07) is 47.4. The fourth-order valence-electron chi connectivity index (χ4n) is 4.98. The van der Waals surface area contributed by atoms with Gasteiger partial charge < -0.3 is 20.1 Å². The zero-order valence-electron chi connectivity index (χ0n) is 25.4. The first-order valence-electron chi connectivity index (χ1n) is 15.2. The topological polar surface area (TPSA) is 76.7 Å². The predicted octanol–water partition coefficient (Wildman–Crippen LogP) is 9.93. The summed E-state index contributed by atoms with van der Waals surface area (Å²) in [5.41, 5.74) is 4.34. The molecule has 7 heteroatoms. The third kappa shape index (κ3) is 8.34. The monoisotopic (exact) mass is 682 g/mol. The molecular weight excluding hydrogens is 652 g/mol. The first-order chi connectivity index (χ1) is 23.0. The summed E-state index contributed by atoms with van der Waals surface area (Å²) in [5.74, 6) is 2.28. The van der Waals surface area contributed by atoms with Crippen LogP contribution in [0.25, 0.3) is 11.1 Å². The third-order valence-corrected chi connectivity index (χ3v) is 7.89. The molecule has 0 radical (unpaired) electrons. The van der Waals surface area contributed by atoms with E-state index in [2.05, 4.69) is 50.8 Å². The average molecular weight is 684 g/mol. The number of nitrogens with one attached hydrogen (secondary N) is 2. The lowest BCUT2D eigenvalue weighted by Crippen LogP contribution is -2.27. The molecule has 2 amide bonds. The molecule has 232 valence electrons. The van der Waals surface area contributed by atoms with E-state index >= 15 is 0 Å². The minimum Gasteiger partial charge on any atom is -0.457 e. The van der Waals surface area contributed by atoms with E-state index in [4.69, 9.17) is 9.47 Å². The molecule has 0 aliphatic rings. The Morgan fingerprint density at radius 1 is 0.596 bits per heavy atom. The molecule has 2 N–H and O–H groups in total. The number of benzene rings is 6. The van der Waals surface area contributed by atoms with Crippen LogP contribution in [0.5, 0.6) is 23.0 Å². The average Bonchev–Trinajstić information content (AvgIpc) is 3.11. The molecule has 0 unspecified atom stereocenters. The highest BCUT2D eigenvalue weighted by atomic mass is 79.9. The van der Waals surface area contributed by atoms with Gasteiger partial charge in [0, 0.05) is 22.1 Å². The number of ether oxygens (including phenoxy) is 2. The maximum absolute atomic E-state index is 13.3. The van der Waals surface area contributed by atoms with Gasteiger partial charge in [0.05, 0.1) is 11.3 Å². The van der Waals surface area contributed by atoms with Crippen LogP contribution >= 0.6 is 15.9 Å². The molecule has 6 nitrogen and oxygen atoms in total. The molecule has 0 bridgehead atoms. The number of halogens is 1. The molecule has 0 aliphatic heterocycles. The summed E-state index contributed by atoms with van der Waals surface area (Å²) in [6.45, 7) is 0.425. The Bertz CT molecular complexity index is 1960. The minimum atomic E-state index is -0.330. The van der Waals surface area contributed by atoms with Crippen LogP contribution in [-0.2, 0) is 6.42 Å². The van der Waals surface area contributed by atoms with Crippen molar-refractivity contribution in [2.24, 2.45) is 0 Å². The zero-order chi connectivity index (χ0) is 32.4. The quantitative estimate of drug-likeness (QED) is 0.143. The van der Waals surface area contributed by atoms with Gasteiger partial charge in [-0.25, -0.2) is 0 Å². The Kier molecular flexibility index (Phi) is 10.1. The number of hydrogen-bond donors (Lipinski definition) is 2. The lowest BCUT2D eigenvalue weighted by Gasteiger charge is -2.13. The summed E-state index contributed by atoms with van der Waals surface area (Å²) in [4.78, 5) is 26.3. The first kappa shape index (κ1) is 31.3. The molecule has 0 saturated carbocycles. The van der Waals surface area contributed by atoms with Gasteiger partial charge in [-0.05, 0) is 90.3 Å². The summed E-state index contributed by atoms with van der Waals surface area (Å²) in [5, 5.41) is 5.88. The van der Waals surface area contributed by atoms with Crippen LogP contribution in [-0.4, -0.2) is 18.4 Å². The van der Waals surface area contributed by atoms with E-state index in [0.29, 0.717) is 41.3 Å². The van der Waals surface area contributed by atoms with Crippen molar-refractivity contribution in [3.63, 3.8) is 0 Å². The second-order valence-electron chi connectivity index (χ2n) is 10.7. The Balaban J connectivity index is 1.06. The lowest BCUT2D eigenvalue weighted by atomic mass is 10.0. The van der Waals surface area contributed by atoms with Crippen LogP contribution in [0.3, 0.4) is 0 Å². The zero-order valence-corrected chi connectivity index (χ0v) is 26.9. The number of anilines is 1. The van der Waals surface area contributed by atoms with Crippen molar-refractivity contribution in [3.05, 3.63) is 173 Å². The van der Waals surface area contributed by atoms with E-state index in [1.165, 1.54) is 0 Å². The molecule has 0 aliphatic carbocycles. The van der Waals surface area contributed by atoms with E-state index in [0.717, 1.165) is 32.7 Å². The SMILES string of the molecule is O=C(Nc1ccc(Br)cc1C(=O)NCCc1ccc(-c2ccccc2Oc2ccccc2)cc1)c1ccc(Oc2ccccc2)cc1. The highest BCUT2D eigenvalue weighted by molar-refractivity contribution is 9.10. The van der Waals surface area contributed by atoms with E-state index in [1.807, 2.05) is 84.9 Å². The molecule has 6 aromatic rings. The smallest absolute Gasteiger partial charge is 0.255 e. The van der Waals surface area contributed by atoms with Crippen LogP contribution in [0, 0.1) is 0 Å². The lowest BCUT2D eigenvalue weighted by molar-refractivity contribution is 0.0955. The summed E-state index contributed by atoms with van der Waals surface area (Å²) in [6.07, 6.45) is 0.640. The Morgan fingerprint density at radius 2 is 1.21 bits per heavy atom. The van der Waals surface area contributed by atoms with Gasteiger partial charge in [0.15, 0.2) is 0 Å². The minimum absolute atomic E-state index is 0.281. The van der Waals surface area contributed by atoms with Crippen molar-refractivity contribution < 1.29 is 19.1 Å². The van der Waals surface area contributed by atoms with Crippen LogP contribution in [0.4, 0.5) is 5.69 Å². The molecule has 0 heterocycles. The fraction of sp³-hybridized carbons (Fsp3) is 0.0500. The van der Waals surface area contributed by atoms with Gasteiger partial charge in [0.2, 0.25) is 0 Å². The second kappa shape index (κ2) is 15.1. The van der Waals surface area contributed by atoms with Gasteiger partial charge in [0.1, 0.15) is 23.0 Å². The highest BCUT2D eigenvalue weighted by Gasteiger charge is 2.16. The standard InChI is InChI=1S/C40H31BrN2O4/c41-31-21-24-37(43-39(44)30-19-22-34(23-20-30)46-32-9-3-1-4-10-32)36(27-31)40(45)42-26-25-28-15-17-29(18-16-28)35-13-7-8-14-38(35)47-33-11-5-2-6-12-33/h1-24,27H,25-26H2,(H,42,45)(H,43,44). The van der Waals surface area contributed by atoms with Crippen molar-refractivity contribution in [2.45, 2.75) is 6.42 Å². The normalized spacial score (nSPS) is 10.6. The molecule has 6 aromatic carbocycles. The molecule has 47 heavy (non-hydrogen) atoms. The van der Waals surface area contributed by atoms with E-state index < -0.39 is 0 Å². The molecular formula is C40H31BrN2O4. The summed E-state index contributed by atoms with van der Waals surface area (Å²) < 4.78 is 12.7. The van der Waals surface area contributed by atoms with Gasteiger partial charge in [-0.1, -0.05) is 94.8 Å². The fourth-order valence-corrected chi connectivity index (χ4v) is 5.34. The Labute approximate surface area is 282 Å². The molecule has 6 rings (SSSR count). The molecule has 0 fully saturated rings. The number of para-hydroxylation sites is 3. The van der Waals surface area contributed by atoms with Gasteiger partial charge in [-0.15, -0.1) is 0 Å². The molecule has 0 saturated heterocycles. The number of carbonyl (C=O) groups excluding carboxylic acids is 2. The van der Waals surface area contributed by atoms with E-state index in [1.54, 1.807) is 42.5 Å². The van der Waals surface area contributed by atoms with Gasteiger partial charge in [0.25, 0.3) is 11.8 Å². The third-order valence-electron chi connectivity index (χ3n) is 7.39.